The predicted octanol–water partition coefficient (Wildman–Crippen LogP) is 5.09. The summed E-state index contributed by atoms with van der Waals surface area (Å²) in [5.74, 6) is -2.04. The molecule has 0 bridgehead atoms. The molecule has 2 fully saturated rings. The van der Waals surface area contributed by atoms with Crippen LogP contribution >= 0.6 is 47.0 Å². The molecule has 0 saturated carbocycles. The second-order valence-electron chi connectivity index (χ2n) is 16.3. The van der Waals surface area contributed by atoms with Gasteiger partial charge < -0.3 is 34.6 Å². The molecule has 70 heavy (non-hydrogen) atoms. The van der Waals surface area contributed by atoms with Crippen molar-refractivity contribution in [2.75, 3.05) is 71.1 Å². The standard InChI is InChI=1S/C13H22O4S.C12H19NO3S.C11H19NO5S.C11H17NO4S/c1-10(14)7-5-3-4-6-8-11(15)12(18-2)9-13(16)17;1-9(14)6-4-3-5-7-13-11(15)8-10(17-2)12(13)16;1-8(13)3-5-17-6-4-12-11(16)9(18-2)7-10(14)15;1-8(13)3-5-16-6-4-12-10(14)7-9(17-2)11(12)15/h12H,3-9H2,1-2H3,(H,16,17);10H,3-8H2,1-2H3;9H,3-7H2,1-2H3,(H,12,16)(H,14,15);9H,3-7H2,1-2H3. The highest BCUT2D eigenvalue weighted by atomic mass is 32.2. The molecule has 4 unspecified atom stereocenters. The fraction of sp³-hybridized carbons (Fsp3) is 0.745. The van der Waals surface area contributed by atoms with Crippen LogP contribution in [0.3, 0.4) is 0 Å². The minimum atomic E-state index is -0.998. The number of carboxylic acids is 2. The van der Waals surface area contributed by atoms with Crippen molar-refractivity contribution in [3.05, 3.63) is 0 Å². The van der Waals surface area contributed by atoms with E-state index in [0.29, 0.717) is 78.0 Å². The van der Waals surface area contributed by atoms with Crippen molar-refractivity contribution in [1.29, 1.82) is 0 Å². The number of nitrogens with one attached hydrogen (secondary N) is 1. The van der Waals surface area contributed by atoms with E-state index in [1.165, 1.54) is 70.7 Å². The third-order valence-electron chi connectivity index (χ3n) is 10.2. The molecular formula is C47H77N3O16S4. The van der Waals surface area contributed by atoms with Crippen LogP contribution in [0.2, 0.25) is 0 Å². The summed E-state index contributed by atoms with van der Waals surface area (Å²) in [5, 5.41) is 18.4. The molecule has 0 radical (unpaired) electrons. The number of unbranched alkanes of at least 4 members (excludes halogenated alkanes) is 5. The summed E-state index contributed by atoms with van der Waals surface area (Å²) in [6.45, 7) is 8.55. The van der Waals surface area contributed by atoms with Gasteiger partial charge in [-0.1, -0.05) is 19.3 Å². The summed E-state index contributed by atoms with van der Waals surface area (Å²) in [7, 11) is 0. The van der Waals surface area contributed by atoms with E-state index >= 15 is 0 Å². The number of ketones is 5. The van der Waals surface area contributed by atoms with E-state index in [4.69, 9.17) is 19.7 Å². The second kappa shape index (κ2) is 41.9. The molecular weight excluding hydrogens is 991 g/mol. The third kappa shape index (κ3) is 34.6. The van der Waals surface area contributed by atoms with E-state index in [0.717, 1.165) is 44.9 Å². The monoisotopic (exact) mass is 1070 g/mol. The van der Waals surface area contributed by atoms with Crippen molar-refractivity contribution in [2.45, 2.75) is 151 Å². The van der Waals surface area contributed by atoms with Gasteiger partial charge >= 0.3 is 11.9 Å². The van der Waals surface area contributed by atoms with Gasteiger partial charge in [0.1, 0.15) is 28.9 Å². The summed E-state index contributed by atoms with van der Waals surface area (Å²) >= 11 is 5.34. The molecule has 19 nitrogen and oxygen atoms in total. The SMILES string of the molecule is CSC(CC(=O)O)C(=O)CCCCCCC(C)=O.CSC(CC(=O)O)C(=O)NCCOCCC(C)=O.CSC1CC(=O)N(CCCCCC(C)=O)C1=O.CSC1CC(=O)N(CCOCCC(C)=O)C1=O. The molecule has 0 aromatic heterocycles. The van der Waals surface area contributed by atoms with Crippen molar-refractivity contribution in [3.8, 4) is 0 Å². The zero-order chi connectivity index (χ0) is 53.6. The van der Waals surface area contributed by atoms with Crippen LogP contribution in [0, 0.1) is 0 Å². The van der Waals surface area contributed by atoms with Crippen LogP contribution in [0.15, 0.2) is 0 Å². The number of hydrogen-bond donors (Lipinski definition) is 3. The Morgan fingerprint density at radius 2 is 0.943 bits per heavy atom. The van der Waals surface area contributed by atoms with Gasteiger partial charge in [0.15, 0.2) is 0 Å². The molecule has 2 saturated heterocycles. The lowest BCUT2D eigenvalue weighted by molar-refractivity contribution is -0.140. The molecule has 2 heterocycles. The minimum Gasteiger partial charge on any atom is -0.481 e. The molecule has 400 valence electrons. The van der Waals surface area contributed by atoms with Crippen LogP contribution in [0.5, 0.6) is 0 Å². The molecule has 5 amide bonds. The van der Waals surface area contributed by atoms with Crippen LogP contribution in [-0.2, 0) is 67.0 Å². The number of aliphatic carboxylic acids is 2. The number of thioether (sulfide) groups is 4. The molecule has 0 aromatic rings. The third-order valence-corrected chi connectivity index (χ3v) is 14.1. The maximum absolute atomic E-state index is 11.7. The minimum absolute atomic E-state index is 0.0245. The summed E-state index contributed by atoms with van der Waals surface area (Å²) in [6.07, 6.45) is 15.9. The number of likely N-dealkylation sites (tertiary alicyclic amines) is 2. The molecule has 23 heteroatoms. The molecule has 3 N–H and O–H groups in total. The topological polar surface area (TPSA) is 282 Å². The summed E-state index contributed by atoms with van der Waals surface area (Å²) < 4.78 is 10.3. The van der Waals surface area contributed by atoms with Crippen LogP contribution < -0.4 is 5.32 Å². The van der Waals surface area contributed by atoms with Gasteiger partial charge in [0.05, 0.1) is 66.8 Å². The quantitative estimate of drug-likeness (QED) is 0.0550. The van der Waals surface area contributed by atoms with E-state index in [1.54, 1.807) is 26.4 Å². The van der Waals surface area contributed by atoms with Gasteiger partial charge in [-0.25, -0.2) is 0 Å². The number of carbonyl (C=O) groups excluding carboxylic acids is 10. The predicted molar refractivity (Wildman–Crippen MR) is 274 cm³/mol. The number of ether oxygens (including phenoxy) is 2. The number of nitrogens with zero attached hydrogens (tertiary/aromatic N) is 2. The van der Waals surface area contributed by atoms with E-state index in [2.05, 4.69) is 5.32 Å². The van der Waals surface area contributed by atoms with Crippen LogP contribution in [0.4, 0.5) is 0 Å². The van der Waals surface area contributed by atoms with Gasteiger partial charge in [-0.15, -0.1) is 0 Å². The van der Waals surface area contributed by atoms with Gasteiger partial charge in [0, 0.05) is 58.0 Å². The first kappa shape index (κ1) is 68.4. The molecule has 2 rings (SSSR count). The second-order valence-corrected chi connectivity index (χ2v) is 20.4. The van der Waals surface area contributed by atoms with E-state index in [-0.39, 0.29) is 94.8 Å². The first-order chi connectivity index (χ1) is 33.1. The van der Waals surface area contributed by atoms with Crippen molar-refractivity contribution < 1.29 is 77.2 Å². The Balaban J connectivity index is 0. The zero-order valence-corrected chi connectivity index (χ0v) is 45.5. The Bertz CT molecular complexity index is 1580. The number of rotatable bonds is 35. The number of imide groups is 2. The molecule has 2 aliphatic rings. The number of carbonyl (C=O) groups is 12. The molecule has 0 aromatic carbocycles. The highest BCUT2D eigenvalue weighted by Gasteiger charge is 2.38. The number of carboxylic acid groups (broad SMARTS) is 2. The Morgan fingerprint density at radius 1 is 0.543 bits per heavy atom. The molecule has 0 spiro atoms. The number of amides is 5. The summed E-state index contributed by atoms with van der Waals surface area (Å²) in [6, 6.07) is 0. The average molecular weight is 1070 g/mol. The normalized spacial score (nSPS) is 15.9. The zero-order valence-electron chi connectivity index (χ0n) is 42.2. The smallest absolute Gasteiger partial charge is 0.305 e. The highest BCUT2D eigenvalue weighted by molar-refractivity contribution is 8.00. The first-order valence-corrected chi connectivity index (χ1v) is 28.4. The Morgan fingerprint density at radius 3 is 1.34 bits per heavy atom. The number of Topliss-reactive ketones (excluding diaryl/α,β-unsaturated/α-hetero) is 5. The molecule has 2 aliphatic heterocycles. The van der Waals surface area contributed by atoms with Crippen LogP contribution in [0.1, 0.15) is 130 Å². The van der Waals surface area contributed by atoms with Gasteiger partial charge in [-0.05, 0) is 78.4 Å². The van der Waals surface area contributed by atoms with E-state index < -0.39 is 22.4 Å². The lowest BCUT2D eigenvalue weighted by Crippen LogP contribution is -2.36. The van der Waals surface area contributed by atoms with Crippen LogP contribution in [0.25, 0.3) is 0 Å². The summed E-state index contributed by atoms with van der Waals surface area (Å²) in [4.78, 5) is 136. The van der Waals surface area contributed by atoms with E-state index in [1.807, 2.05) is 12.5 Å². The van der Waals surface area contributed by atoms with Gasteiger partial charge in [-0.2, -0.15) is 47.0 Å². The molecule has 0 aliphatic carbocycles. The summed E-state index contributed by atoms with van der Waals surface area (Å²) in [5.41, 5.74) is 0. The van der Waals surface area contributed by atoms with Crippen molar-refractivity contribution in [2.24, 2.45) is 0 Å². The maximum atomic E-state index is 11.7. The van der Waals surface area contributed by atoms with Crippen molar-refractivity contribution in [1.82, 2.24) is 15.1 Å². The molecule has 4 atom stereocenters. The fourth-order valence-electron chi connectivity index (χ4n) is 6.23. The highest BCUT2D eigenvalue weighted by Crippen LogP contribution is 2.24. The van der Waals surface area contributed by atoms with Gasteiger partial charge in [0.25, 0.3) is 0 Å². The Labute approximate surface area is 430 Å². The van der Waals surface area contributed by atoms with E-state index in [9.17, 15) is 57.5 Å². The van der Waals surface area contributed by atoms with Gasteiger partial charge in [-0.3, -0.25) is 57.7 Å². The Hall–Kier alpha value is -3.64. The number of hydrogen-bond acceptors (Lipinski definition) is 18. The largest absolute Gasteiger partial charge is 0.481 e. The average Bonchev–Trinajstić information content (AvgIpc) is 3.73. The van der Waals surface area contributed by atoms with Crippen molar-refractivity contribution in [3.63, 3.8) is 0 Å². The first-order valence-electron chi connectivity index (χ1n) is 23.2. The van der Waals surface area contributed by atoms with Gasteiger partial charge in [0.2, 0.25) is 29.5 Å². The maximum Gasteiger partial charge on any atom is 0.305 e. The lowest BCUT2D eigenvalue weighted by atomic mass is 10.1. The van der Waals surface area contributed by atoms with Crippen LogP contribution in [-0.4, -0.2) is 182 Å². The Kier molecular flexibility index (Phi) is 41.0. The lowest BCUT2D eigenvalue weighted by Gasteiger charge is -2.14. The van der Waals surface area contributed by atoms with Crippen molar-refractivity contribution >= 4 is 117 Å². The fourth-order valence-corrected chi connectivity index (χ4v) is 8.81.